The number of carbonyl (C=O) groups excluding carboxylic acids is 1. The number of sulfone groups is 1. The molecular weight excluding hydrogens is 284 g/mol. The highest BCUT2D eigenvalue weighted by atomic mass is 32.2. The Morgan fingerprint density at radius 1 is 1.35 bits per heavy atom. The number of benzene rings is 1. The van der Waals surface area contributed by atoms with Gasteiger partial charge in [-0.05, 0) is 12.1 Å². The number of amides is 1. The second-order valence-corrected chi connectivity index (χ2v) is 6.27. The molecule has 8 heteroatoms. The largest absolute Gasteiger partial charge is 0.497 e. The minimum Gasteiger partial charge on any atom is -0.497 e. The summed E-state index contributed by atoms with van der Waals surface area (Å²) in [5, 5.41) is 2.45. The van der Waals surface area contributed by atoms with Crippen molar-refractivity contribution in [2.24, 2.45) is 0 Å². The first-order valence-corrected chi connectivity index (χ1v) is 7.63. The van der Waals surface area contributed by atoms with E-state index in [4.69, 9.17) is 10.5 Å². The van der Waals surface area contributed by atoms with E-state index < -0.39 is 21.5 Å². The minimum absolute atomic E-state index is 0.0558. The molecule has 20 heavy (non-hydrogen) atoms. The zero-order valence-corrected chi connectivity index (χ0v) is 12.2. The summed E-state index contributed by atoms with van der Waals surface area (Å²) in [6.07, 6.45) is 0. The third kappa shape index (κ3) is 5.06. The van der Waals surface area contributed by atoms with Crippen LogP contribution in [0.5, 0.6) is 5.75 Å². The number of methoxy groups -OCH3 is 2. The molecule has 1 aromatic carbocycles. The fraction of sp³-hybridized carbons (Fsp3) is 0.417. The van der Waals surface area contributed by atoms with Gasteiger partial charge >= 0.3 is 0 Å². The standard InChI is InChI=1S/C12H18N2O5S/c1-18-5-6-20(16,17)8-12(15)14-11-4-3-9(19-2)7-10(11)13/h3-4,7H,5-6,8,13H2,1-2H3,(H,14,15). The molecule has 3 N–H and O–H groups in total. The summed E-state index contributed by atoms with van der Waals surface area (Å²) >= 11 is 0. The molecule has 0 aliphatic heterocycles. The van der Waals surface area contributed by atoms with Gasteiger partial charge < -0.3 is 20.5 Å². The number of nitrogens with two attached hydrogens (primary N) is 1. The second kappa shape index (κ2) is 7.11. The van der Waals surface area contributed by atoms with E-state index in [1.807, 2.05) is 0 Å². The van der Waals surface area contributed by atoms with Crippen molar-refractivity contribution in [3.63, 3.8) is 0 Å². The molecule has 1 aromatic rings. The van der Waals surface area contributed by atoms with Gasteiger partial charge in [-0.2, -0.15) is 0 Å². The third-order valence-electron chi connectivity index (χ3n) is 2.48. The van der Waals surface area contributed by atoms with Crippen LogP contribution in [-0.2, 0) is 19.4 Å². The van der Waals surface area contributed by atoms with E-state index in [0.29, 0.717) is 17.1 Å². The first kappa shape index (κ1) is 16.3. The molecule has 0 aromatic heterocycles. The van der Waals surface area contributed by atoms with Crippen LogP contribution in [0.25, 0.3) is 0 Å². The molecular formula is C12H18N2O5S. The maximum atomic E-state index is 11.7. The molecule has 112 valence electrons. The van der Waals surface area contributed by atoms with Gasteiger partial charge in [0.1, 0.15) is 11.5 Å². The second-order valence-electron chi connectivity index (χ2n) is 4.09. The average Bonchev–Trinajstić information content (AvgIpc) is 2.38. The molecule has 0 atom stereocenters. The van der Waals surface area contributed by atoms with Crippen molar-refractivity contribution in [2.75, 3.05) is 43.4 Å². The van der Waals surface area contributed by atoms with Crippen molar-refractivity contribution in [3.8, 4) is 5.75 Å². The summed E-state index contributed by atoms with van der Waals surface area (Å²) in [7, 11) is -0.599. The van der Waals surface area contributed by atoms with Crippen LogP contribution >= 0.6 is 0 Å². The predicted octanol–water partition coefficient (Wildman–Crippen LogP) is 0.277. The molecule has 1 rings (SSSR count). The highest BCUT2D eigenvalue weighted by Crippen LogP contribution is 2.23. The van der Waals surface area contributed by atoms with E-state index in [1.54, 1.807) is 12.1 Å². The van der Waals surface area contributed by atoms with E-state index >= 15 is 0 Å². The van der Waals surface area contributed by atoms with Crippen molar-refractivity contribution < 1.29 is 22.7 Å². The first-order valence-electron chi connectivity index (χ1n) is 5.80. The molecule has 0 aliphatic rings. The Morgan fingerprint density at radius 2 is 2.05 bits per heavy atom. The van der Waals surface area contributed by atoms with E-state index in [-0.39, 0.29) is 12.4 Å². The molecule has 0 aliphatic carbocycles. The zero-order valence-electron chi connectivity index (χ0n) is 11.4. The first-order chi connectivity index (χ1) is 9.38. The fourth-order valence-electron chi connectivity index (χ4n) is 1.45. The maximum absolute atomic E-state index is 11.7. The van der Waals surface area contributed by atoms with Crippen LogP contribution in [-0.4, -0.2) is 46.7 Å². The van der Waals surface area contributed by atoms with Gasteiger partial charge in [0.25, 0.3) is 0 Å². The smallest absolute Gasteiger partial charge is 0.239 e. The Morgan fingerprint density at radius 3 is 2.60 bits per heavy atom. The van der Waals surface area contributed by atoms with Gasteiger partial charge in [0.15, 0.2) is 9.84 Å². The fourth-order valence-corrected chi connectivity index (χ4v) is 2.49. The number of hydrogen-bond donors (Lipinski definition) is 2. The molecule has 0 fully saturated rings. The Kier molecular flexibility index (Phi) is 5.78. The van der Waals surface area contributed by atoms with E-state index in [2.05, 4.69) is 10.1 Å². The predicted molar refractivity (Wildman–Crippen MR) is 76.6 cm³/mol. The van der Waals surface area contributed by atoms with Crippen LogP contribution in [0.15, 0.2) is 18.2 Å². The van der Waals surface area contributed by atoms with Gasteiger partial charge in [0.2, 0.25) is 5.91 Å². The highest BCUT2D eigenvalue weighted by molar-refractivity contribution is 7.92. The Bertz CT molecular complexity index is 571. The van der Waals surface area contributed by atoms with Crippen LogP contribution in [0.2, 0.25) is 0 Å². The lowest BCUT2D eigenvalue weighted by Crippen LogP contribution is -2.26. The number of rotatable bonds is 7. The number of nitrogens with one attached hydrogen (secondary N) is 1. The highest BCUT2D eigenvalue weighted by Gasteiger charge is 2.17. The number of anilines is 2. The average molecular weight is 302 g/mol. The zero-order chi connectivity index (χ0) is 15.2. The van der Waals surface area contributed by atoms with Gasteiger partial charge in [-0.25, -0.2) is 8.42 Å². The molecule has 0 spiro atoms. The molecule has 0 radical (unpaired) electrons. The van der Waals surface area contributed by atoms with Crippen LogP contribution in [0.4, 0.5) is 11.4 Å². The van der Waals surface area contributed by atoms with E-state index in [1.165, 1.54) is 20.3 Å². The van der Waals surface area contributed by atoms with Crippen LogP contribution in [0, 0.1) is 0 Å². The summed E-state index contributed by atoms with van der Waals surface area (Å²) in [4.78, 5) is 11.7. The Balaban J connectivity index is 2.67. The normalized spacial score (nSPS) is 11.1. The lowest BCUT2D eigenvalue weighted by Gasteiger charge is -2.10. The number of nitrogen functional groups attached to an aromatic ring is 1. The maximum Gasteiger partial charge on any atom is 0.239 e. The number of hydrogen-bond acceptors (Lipinski definition) is 6. The summed E-state index contributed by atoms with van der Waals surface area (Å²) in [5.74, 6) is -0.900. The van der Waals surface area contributed by atoms with Crippen LogP contribution in [0.1, 0.15) is 0 Å². The van der Waals surface area contributed by atoms with Gasteiger partial charge in [-0.3, -0.25) is 4.79 Å². The van der Waals surface area contributed by atoms with Crippen molar-refractivity contribution in [3.05, 3.63) is 18.2 Å². The van der Waals surface area contributed by atoms with Crippen molar-refractivity contribution in [1.82, 2.24) is 0 Å². The van der Waals surface area contributed by atoms with E-state index in [9.17, 15) is 13.2 Å². The molecule has 0 heterocycles. The van der Waals surface area contributed by atoms with Crippen LogP contribution < -0.4 is 15.8 Å². The molecule has 7 nitrogen and oxygen atoms in total. The SMILES string of the molecule is COCCS(=O)(=O)CC(=O)Nc1ccc(OC)cc1N. The Hall–Kier alpha value is -1.80. The molecule has 0 unspecified atom stereocenters. The summed E-state index contributed by atoms with van der Waals surface area (Å²) in [6.45, 7) is 0.0558. The van der Waals surface area contributed by atoms with Gasteiger partial charge in [0.05, 0.1) is 30.8 Å². The van der Waals surface area contributed by atoms with Gasteiger partial charge in [0, 0.05) is 13.2 Å². The molecule has 1 amide bonds. The monoisotopic (exact) mass is 302 g/mol. The van der Waals surface area contributed by atoms with Crippen molar-refractivity contribution >= 4 is 27.1 Å². The number of carbonyl (C=O) groups is 1. The molecule has 0 bridgehead atoms. The summed E-state index contributed by atoms with van der Waals surface area (Å²) in [5.41, 5.74) is 6.37. The summed E-state index contributed by atoms with van der Waals surface area (Å²) in [6, 6.07) is 4.70. The van der Waals surface area contributed by atoms with Crippen molar-refractivity contribution in [1.29, 1.82) is 0 Å². The lowest BCUT2D eigenvalue weighted by molar-refractivity contribution is -0.113. The van der Waals surface area contributed by atoms with Crippen molar-refractivity contribution in [2.45, 2.75) is 0 Å². The quantitative estimate of drug-likeness (QED) is 0.700. The Labute approximate surface area is 118 Å². The minimum atomic E-state index is -3.49. The topological polar surface area (TPSA) is 108 Å². The van der Waals surface area contributed by atoms with Gasteiger partial charge in [-0.15, -0.1) is 0 Å². The number of ether oxygens (including phenoxy) is 2. The summed E-state index contributed by atoms with van der Waals surface area (Å²) < 4.78 is 32.8. The molecule has 0 saturated carbocycles. The third-order valence-corrected chi connectivity index (χ3v) is 3.97. The van der Waals surface area contributed by atoms with E-state index in [0.717, 1.165) is 0 Å². The van der Waals surface area contributed by atoms with Crippen LogP contribution in [0.3, 0.4) is 0 Å². The van der Waals surface area contributed by atoms with Gasteiger partial charge in [-0.1, -0.05) is 0 Å². The molecule has 0 saturated heterocycles. The lowest BCUT2D eigenvalue weighted by atomic mass is 10.2.